The third-order valence-electron chi connectivity index (χ3n) is 33.2. The first-order valence-corrected chi connectivity index (χ1v) is 54.8. The molecule has 3 aliphatic rings. The summed E-state index contributed by atoms with van der Waals surface area (Å²) < 4.78 is 0. The van der Waals surface area contributed by atoms with Crippen LogP contribution in [-0.2, 0) is 34.5 Å². The standard InChI is InChI=1S/C142H141N3/c1-9-13-17-36-94-141(95-37-18-14-10-2)135-50-34-32-48-130(135)132-92-89-125(99-137(132)141)144(120-44-28-23-29-45-120)122-83-64-109(65-84-122)105-56-75-115(76-57-105)140(8,117-79-60-111(61-80-117)134-98-112-70-91-127(112)128-46-30-31-47-129(128)134)116-77-58-106(59-78-116)110-68-87-124(88-69-110)145(126-90-93-133-131-49-33-35-51-136(131)142(138(133)100-126,96-38-19-15-11-3)97-39-20-16-12-4)123-85-66-108(67-86-123)104-54-73-114(74-55-104)139(7,101-102(5)6)113-71-52-103(53-72-113)107-62-81-121(82-63-107)143(118-40-24-21-25-41-118)119-42-26-22-27-43-119/h21-35,40-69,71-90,92-93,98-100,102H,9-20,36-39,70,91,94-97,101H2,1-8H3. The minimum atomic E-state index is -0.531. The van der Waals surface area contributed by atoms with E-state index in [1.165, 1.54) is 277 Å². The molecule has 0 heterocycles. The first-order chi connectivity index (χ1) is 71.3. The van der Waals surface area contributed by atoms with Crippen LogP contribution in [0.5, 0.6) is 0 Å². The van der Waals surface area contributed by atoms with Crippen LogP contribution in [0.15, 0.2) is 425 Å². The predicted octanol–water partition coefficient (Wildman–Crippen LogP) is 40.8. The molecule has 0 saturated carbocycles. The second kappa shape index (κ2) is 43.3. The van der Waals surface area contributed by atoms with Crippen molar-refractivity contribution >= 4 is 62.0 Å². The minimum Gasteiger partial charge on any atom is -0.311 e. The van der Waals surface area contributed by atoms with Gasteiger partial charge in [0.2, 0.25) is 0 Å². The number of nitrogens with zero attached hydrogens (tertiary/aromatic N) is 3. The zero-order valence-electron chi connectivity index (χ0n) is 86.6. The van der Waals surface area contributed by atoms with Crippen molar-refractivity contribution in [3.05, 3.63) is 486 Å². The third kappa shape index (κ3) is 19.3. The summed E-state index contributed by atoms with van der Waals surface area (Å²) in [5, 5.41) is 2.73. The van der Waals surface area contributed by atoms with E-state index in [0.717, 1.165) is 71.9 Å². The third-order valence-corrected chi connectivity index (χ3v) is 33.2. The molecule has 145 heavy (non-hydrogen) atoms. The van der Waals surface area contributed by atoms with Crippen molar-refractivity contribution in [2.45, 2.75) is 225 Å². The van der Waals surface area contributed by atoms with Crippen LogP contribution in [0.1, 0.15) is 251 Å². The summed E-state index contributed by atoms with van der Waals surface area (Å²) in [5.74, 6) is 0.477. The Balaban J connectivity index is 0.596. The molecule has 18 aromatic rings. The van der Waals surface area contributed by atoms with Crippen molar-refractivity contribution in [2.75, 3.05) is 14.7 Å². The molecule has 2 unspecified atom stereocenters. The Morgan fingerprint density at radius 2 is 0.497 bits per heavy atom. The number of fused-ring (bicyclic) bond motifs is 9. The fourth-order valence-electron chi connectivity index (χ4n) is 25.3. The average Bonchev–Trinajstić information content (AvgIpc) is 1.57. The molecule has 0 aromatic heterocycles. The van der Waals surface area contributed by atoms with Gasteiger partial charge in [0, 0.05) is 72.8 Å². The van der Waals surface area contributed by atoms with Gasteiger partial charge >= 0.3 is 0 Å². The van der Waals surface area contributed by atoms with Crippen molar-refractivity contribution in [1.82, 2.24) is 0 Å². The highest BCUT2D eigenvalue weighted by Gasteiger charge is 2.45. The van der Waals surface area contributed by atoms with Crippen LogP contribution in [0.4, 0.5) is 51.2 Å². The van der Waals surface area contributed by atoms with Crippen molar-refractivity contribution < 1.29 is 0 Å². The van der Waals surface area contributed by atoms with E-state index < -0.39 is 5.41 Å². The molecule has 724 valence electrons. The van der Waals surface area contributed by atoms with Gasteiger partial charge in [0.25, 0.3) is 0 Å². The molecule has 0 N–H and O–H groups in total. The number of anilines is 9. The molecule has 3 heteroatoms. The summed E-state index contributed by atoms with van der Waals surface area (Å²) in [6.45, 7) is 19.0. The first kappa shape index (κ1) is 96.7. The molecule has 0 radical (unpaired) electrons. The maximum absolute atomic E-state index is 2.62. The molecule has 0 saturated heterocycles. The monoisotopic (exact) mass is 1890 g/mol. The molecule has 18 aromatic carbocycles. The number of hydrogen-bond donors (Lipinski definition) is 0. The van der Waals surface area contributed by atoms with Gasteiger partial charge in [-0.25, -0.2) is 0 Å². The van der Waals surface area contributed by atoms with Gasteiger partial charge in [-0.2, -0.15) is 0 Å². The molecule has 0 aliphatic heterocycles. The lowest BCUT2D eigenvalue weighted by Gasteiger charge is -2.34. The van der Waals surface area contributed by atoms with E-state index in [4.69, 9.17) is 0 Å². The Morgan fingerprint density at radius 3 is 0.814 bits per heavy atom. The van der Waals surface area contributed by atoms with Gasteiger partial charge in [0.05, 0.1) is 0 Å². The van der Waals surface area contributed by atoms with Gasteiger partial charge in [0.1, 0.15) is 0 Å². The van der Waals surface area contributed by atoms with E-state index in [1.807, 2.05) is 0 Å². The van der Waals surface area contributed by atoms with Crippen LogP contribution in [0.2, 0.25) is 0 Å². The highest BCUT2D eigenvalue weighted by atomic mass is 15.2. The lowest BCUT2D eigenvalue weighted by atomic mass is 9.70. The minimum absolute atomic E-state index is 0.0193. The van der Waals surface area contributed by atoms with Crippen LogP contribution in [0.25, 0.3) is 88.7 Å². The molecule has 0 amide bonds. The zero-order valence-corrected chi connectivity index (χ0v) is 86.6. The van der Waals surface area contributed by atoms with Gasteiger partial charge in [-0.15, -0.1) is 0 Å². The Labute approximate surface area is 864 Å². The van der Waals surface area contributed by atoms with Gasteiger partial charge in [-0.3, -0.25) is 0 Å². The molecule has 0 spiro atoms. The Morgan fingerprint density at radius 1 is 0.228 bits per heavy atom. The fourth-order valence-corrected chi connectivity index (χ4v) is 25.3. The van der Waals surface area contributed by atoms with Gasteiger partial charge in [0.15, 0.2) is 0 Å². The number of unbranched alkanes of at least 4 members (excludes halogenated alkanes) is 12. The molecule has 0 bridgehead atoms. The van der Waals surface area contributed by atoms with E-state index in [-0.39, 0.29) is 16.2 Å². The summed E-state index contributed by atoms with van der Waals surface area (Å²) in [5.41, 5.74) is 42.7. The van der Waals surface area contributed by atoms with Crippen molar-refractivity contribution in [1.29, 1.82) is 0 Å². The normalized spacial score (nSPS) is 13.8. The summed E-state index contributed by atoms with van der Waals surface area (Å²) >= 11 is 0. The molecule has 3 nitrogen and oxygen atoms in total. The molecular weight excluding hydrogens is 1750 g/mol. The number of para-hydroxylation sites is 3. The van der Waals surface area contributed by atoms with Gasteiger partial charge < -0.3 is 14.7 Å². The van der Waals surface area contributed by atoms with E-state index in [1.54, 1.807) is 0 Å². The van der Waals surface area contributed by atoms with Crippen molar-refractivity contribution in [3.8, 4) is 77.9 Å². The van der Waals surface area contributed by atoms with E-state index in [0.29, 0.717) is 5.92 Å². The molecule has 3 aliphatic carbocycles. The van der Waals surface area contributed by atoms with Crippen molar-refractivity contribution in [3.63, 3.8) is 0 Å². The SMILES string of the molecule is CCCCCCC1(CCCCCC)c2ccccc2-c2ccc(N(c3ccccc3)c3ccc(-c4ccc(C(C)(c5ccc(-c6ccc(N(c7ccc(-c8ccc(C(C)(CC(C)C)c9ccc(-c%10ccc(N(c%11ccccc%11)c%11ccccc%11)cc%10)cc9)cc8)cc7)c7ccc8c(c7)C(CCCCCC)(CCCCCC)c7ccccc7-8)cc6)cc5)c5ccc(-c6cc7c(c8ccccc68)CC7)cc5)cc4)cc3)cc21. The van der Waals surface area contributed by atoms with E-state index >= 15 is 0 Å². The van der Waals surface area contributed by atoms with Crippen LogP contribution < -0.4 is 14.7 Å². The van der Waals surface area contributed by atoms with E-state index in [9.17, 15) is 0 Å². The molecule has 21 rings (SSSR count). The maximum Gasteiger partial charge on any atom is 0.0465 e. The second-order valence-corrected chi connectivity index (χ2v) is 42.7. The largest absolute Gasteiger partial charge is 0.311 e. The molecule has 0 fully saturated rings. The zero-order chi connectivity index (χ0) is 98.9. The number of benzene rings is 18. The number of rotatable bonds is 41. The van der Waals surface area contributed by atoms with Gasteiger partial charge in [-0.1, -0.05) is 467 Å². The molecule has 2 atom stereocenters. The van der Waals surface area contributed by atoms with Crippen molar-refractivity contribution in [2.24, 2.45) is 5.92 Å². The van der Waals surface area contributed by atoms with Gasteiger partial charge in [-0.05, 0) is 317 Å². The predicted molar refractivity (Wildman–Crippen MR) is 621 cm³/mol. The Kier molecular flexibility index (Phi) is 28.9. The van der Waals surface area contributed by atoms with E-state index in [2.05, 4.69) is 495 Å². The number of hydrogen-bond acceptors (Lipinski definition) is 3. The summed E-state index contributed by atoms with van der Waals surface area (Å²) in [7, 11) is 0. The summed E-state index contributed by atoms with van der Waals surface area (Å²) in [4.78, 5) is 7.35. The summed E-state index contributed by atoms with van der Waals surface area (Å²) in [6.07, 6.45) is 28.0. The lowest BCUT2D eigenvalue weighted by molar-refractivity contribution is 0.401. The van der Waals surface area contributed by atoms with Crippen LogP contribution >= 0.6 is 0 Å². The number of aryl methyl sites for hydroxylation is 2. The Hall–Kier alpha value is -14.4. The van der Waals surface area contributed by atoms with Crippen LogP contribution in [0, 0.1) is 5.92 Å². The highest BCUT2D eigenvalue weighted by molar-refractivity contribution is 6.01. The molecular formula is C142H141N3. The topological polar surface area (TPSA) is 9.72 Å². The lowest BCUT2D eigenvalue weighted by Crippen LogP contribution is -2.26. The summed E-state index contributed by atoms with van der Waals surface area (Å²) in [6, 6.07) is 163. The van der Waals surface area contributed by atoms with Crippen LogP contribution in [-0.4, -0.2) is 0 Å². The van der Waals surface area contributed by atoms with Crippen LogP contribution in [0.3, 0.4) is 0 Å². The Bertz CT molecular complexity index is 7370. The smallest absolute Gasteiger partial charge is 0.0465 e. The maximum atomic E-state index is 2.62. The highest BCUT2D eigenvalue weighted by Crippen LogP contribution is 2.59. The average molecular weight is 1890 g/mol. The quantitative estimate of drug-likeness (QED) is 0.0279. The second-order valence-electron chi connectivity index (χ2n) is 42.7. The first-order valence-electron chi connectivity index (χ1n) is 54.8. The fraction of sp³-hybridized carbons (Fsp3) is 0.254.